The molecule has 2 aromatic carbocycles. The van der Waals surface area contributed by atoms with E-state index >= 15 is 0 Å². The number of esters is 1. The maximum absolute atomic E-state index is 13.0. The van der Waals surface area contributed by atoms with Gasteiger partial charge in [-0.25, -0.2) is 4.79 Å². The minimum atomic E-state index is -0.375. The van der Waals surface area contributed by atoms with Gasteiger partial charge in [0.05, 0.1) is 23.9 Å². The van der Waals surface area contributed by atoms with E-state index in [4.69, 9.17) is 9.72 Å². The number of rotatable bonds is 5. The number of benzene rings is 2. The molecule has 1 aliphatic carbocycles. The Morgan fingerprint density at radius 2 is 1.66 bits per heavy atom. The number of para-hydroxylation sites is 1. The highest BCUT2D eigenvalue weighted by atomic mass is 16.5. The first-order valence-corrected chi connectivity index (χ1v) is 11.2. The second kappa shape index (κ2) is 8.71. The monoisotopic (exact) mass is 429 g/mol. The summed E-state index contributed by atoms with van der Waals surface area (Å²) in [6.07, 6.45) is 2.07. The van der Waals surface area contributed by atoms with Crippen LogP contribution in [0.25, 0.3) is 22.0 Å². The second-order valence-corrected chi connectivity index (χ2v) is 8.56. The van der Waals surface area contributed by atoms with Gasteiger partial charge in [0.2, 0.25) is 5.91 Å². The van der Waals surface area contributed by atoms with Crippen LogP contribution in [0.4, 0.5) is 0 Å². The third kappa shape index (κ3) is 3.98. The molecule has 0 N–H and O–H groups in total. The first-order valence-electron chi connectivity index (χ1n) is 11.2. The third-order valence-corrected chi connectivity index (χ3v) is 6.40. The van der Waals surface area contributed by atoms with Crippen LogP contribution in [0.15, 0.2) is 54.6 Å². The fourth-order valence-electron chi connectivity index (χ4n) is 4.53. The fourth-order valence-corrected chi connectivity index (χ4v) is 4.53. The number of aromatic nitrogens is 1. The lowest BCUT2D eigenvalue weighted by atomic mass is 9.93. The van der Waals surface area contributed by atoms with Crippen molar-refractivity contribution < 1.29 is 14.3 Å². The molecule has 0 unspecified atom stereocenters. The van der Waals surface area contributed by atoms with Gasteiger partial charge in [0.1, 0.15) is 0 Å². The van der Waals surface area contributed by atoms with Crippen molar-refractivity contribution in [2.45, 2.75) is 19.4 Å². The average molecular weight is 430 g/mol. The van der Waals surface area contributed by atoms with Gasteiger partial charge in [-0.2, -0.15) is 0 Å². The highest BCUT2D eigenvalue weighted by Gasteiger charge is 2.35. The van der Waals surface area contributed by atoms with Crippen LogP contribution in [-0.2, 0) is 16.1 Å². The van der Waals surface area contributed by atoms with Gasteiger partial charge in [0.25, 0.3) is 0 Å². The zero-order valence-electron chi connectivity index (χ0n) is 18.3. The van der Waals surface area contributed by atoms with Crippen molar-refractivity contribution in [1.82, 2.24) is 14.8 Å². The molecule has 1 aliphatic heterocycles. The number of fused-ring (bicyclic) bond motifs is 1. The molecule has 6 heteroatoms. The molecule has 0 bridgehead atoms. The Hall–Kier alpha value is -3.25. The molecule has 1 saturated carbocycles. The highest BCUT2D eigenvalue weighted by molar-refractivity contribution is 6.07. The zero-order chi connectivity index (χ0) is 22.1. The van der Waals surface area contributed by atoms with Crippen LogP contribution in [0.5, 0.6) is 0 Å². The van der Waals surface area contributed by atoms with Crippen LogP contribution in [0.2, 0.25) is 0 Å². The predicted molar refractivity (Wildman–Crippen MR) is 123 cm³/mol. The summed E-state index contributed by atoms with van der Waals surface area (Å²) in [5, 5.41) is 0.933. The summed E-state index contributed by atoms with van der Waals surface area (Å²) in [6, 6.07) is 17.9. The van der Waals surface area contributed by atoms with Gasteiger partial charge in [-0.15, -0.1) is 0 Å². The summed E-state index contributed by atoms with van der Waals surface area (Å²) >= 11 is 0. The molecule has 1 aromatic heterocycles. The number of methoxy groups -OCH3 is 1. The summed E-state index contributed by atoms with van der Waals surface area (Å²) in [5.74, 6) is 0.179. The number of carbonyl (C=O) groups is 2. The van der Waals surface area contributed by atoms with Crippen LogP contribution in [0.3, 0.4) is 0 Å². The number of hydrogen-bond donors (Lipinski definition) is 0. The Morgan fingerprint density at radius 3 is 2.34 bits per heavy atom. The second-order valence-electron chi connectivity index (χ2n) is 8.56. The molecule has 0 atom stereocenters. The van der Waals surface area contributed by atoms with Crippen LogP contribution >= 0.6 is 0 Å². The van der Waals surface area contributed by atoms with Crippen LogP contribution in [0, 0.1) is 5.92 Å². The zero-order valence-corrected chi connectivity index (χ0v) is 18.3. The number of hydrogen-bond acceptors (Lipinski definition) is 5. The van der Waals surface area contributed by atoms with E-state index in [0.29, 0.717) is 18.0 Å². The summed E-state index contributed by atoms with van der Waals surface area (Å²) in [7, 11) is 1.42. The van der Waals surface area contributed by atoms with E-state index in [0.717, 1.165) is 66.7 Å². The summed E-state index contributed by atoms with van der Waals surface area (Å²) in [5.41, 5.74) is 3.93. The number of ether oxygens (including phenoxy) is 1. The minimum Gasteiger partial charge on any atom is -0.465 e. The van der Waals surface area contributed by atoms with Gasteiger partial charge in [0, 0.05) is 49.6 Å². The predicted octanol–water partition coefficient (Wildman–Crippen LogP) is 3.74. The topological polar surface area (TPSA) is 62.7 Å². The van der Waals surface area contributed by atoms with Crippen LogP contribution < -0.4 is 0 Å². The third-order valence-electron chi connectivity index (χ3n) is 6.40. The molecule has 3 aromatic rings. The molecule has 0 spiro atoms. The summed E-state index contributed by atoms with van der Waals surface area (Å²) in [6.45, 7) is 3.53. The summed E-state index contributed by atoms with van der Waals surface area (Å²) in [4.78, 5) is 34.5. The van der Waals surface area contributed by atoms with Crippen molar-refractivity contribution >= 4 is 22.8 Å². The molecule has 32 heavy (non-hydrogen) atoms. The van der Waals surface area contributed by atoms with Crippen molar-refractivity contribution in [1.29, 1.82) is 0 Å². The largest absolute Gasteiger partial charge is 0.465 e. The Balaban J connectivity index is 1.51. The number of pyridine rings is 1. The number of piperazine rings is 1. The molecule has 1 amide bonds. The summed E-state index contributed by atoms with van der Waals surface area (Å²) < 4.78 is 5.21. The SMILES string of the molecule is COC(=O)c1c(CN2CCN(C(=O)C3CC3)CC2)nc2ccccc2c1-c1ccccc1. The van der Waals surface area contributed by atoms with Crippen LogP contribution in [0.1, 0.15) is 28.9 Å². The minimum absolute atomic E-state index is 0.253. The lowest BCUT2D eigenvalue weighted by Crippen LogP contribution is -2.49. The van der Waals surface area contributed by atoms with E-state index < -0.39 is 0 Å². The quantitative estimate of drug-likeness (QED) is 0.578. The van der Waals surface area contributed by atoms with Crippen molar-refractivity contribution in [3.05, 3.63) is 65.9 Å². The molecule has 2 fully saturated rings. The van der Waals surface area contributed by atoms with Gasteiger partial charge in [-0.1, -0.05) is 48.5 Å². The number of amides is 1. The van der Waals surface area contributed by atoms with Gasteiger partial charge in [-0.3, -0.25) is 14.7 Å². The lowest BCUT2D eigenvalue weighted by molar-refractivity contribution is -0.134. The van der Waals surface area contributed by atoms with Gasteiger partial charge >= 0.3 is 5.97 Å². The Bertz CT molecular complexity index is 1150. The van der Waals surface area contributed by atoms with E-state index in [1.54, 1.807) is 0 Å². The van der Waals surface area contributed by atoms with Crippen molar-refractivity contribution in [3.63, 3.8) is 0 Å². The van der Waals surface area contributed by atoms with Gasteiger partial charge in [0.15, 0.2) is 0 Å². The van der Waals surface area contributed by atoms with E-state index in [9.17, 15) is 9.59 Å². The Kier molecular flexibility index (Phi) is 5.62. The van der Waals surface area contributed by atoms with Crippen molar-refractivity contribution in [3.8, 4) is 11.1 Å². The molecule has 2 aliphatic rings. The van der Waals surface area contributed by atoms with Crippen LogP contribution in [-0.4, -0.2) is 59.9 Å². The molecule has 1 saturated heterocycles. The van der Waals surface area contributed by atoms with E-state index in [1.165, 1.54) is 7.11 Å². The van der Waals surface area contributed by atoms with E-state index in [2.05, 4.69) is 4.90 Å². The van der Waals surface area contributed by atoms with Crippen molar-refractivity contribution in [2.24, 2.45) is 5.92 Å². The van der Waals surface area contributed by atoms with Gasteiger partial charge < -0.3 is 9.64 Å². The first-order chi connectivity index (χ1) is 15.7. The maximum atomic E-state index is 13.0. The molecule has 0 radical (unpaired) electrons. The molecule has 5 rings (SSSR count). The normalized spacial score (nSPS) is 16.8. The molecular weight excluding hydrogens is 402 g/mol. The molecular formula is C26H27N3O3. The Morgan fingerprint density at radius 1 is 0.969 bits per heavy atom. The van der Waals surface area contributed by atoms with Gasteiger partial charge in [-0.05, 0) is 24.5 Å². The molecule has 2 heterocycles. The maximum Gasteiger partial charge on any atom is 0.340 e. The first kappa shape index (κ1) is 20.6. The lowest BCUT2D eigenvalue weighted by Gasteiger charge is -2.35. The van der Waals surface area contributed by atoms with Crippen molar-refractivity contribution in [2.75, 3.05) is 33.3 Å². The smallest absolute Gasteiger partial charge is 0.340 e. The van der Waals surface area contributed by atoms with E-state index in [-0.39, 0.29) is 11.9 Å². The molecule has 164 valence electrons. The highest BCUT2D eigenvalue weighted by Crippen LogP contribution is 2.34. The van der Waals surface area contributed by atoms with E-state index in [1.807, 2.05) is 59.5 Å². The molecule has 6 nitrogen and oxygen atoms in total. The average Bonchev–Trinajstić information content (AvgIpc) is 3.69. The fraction of sp³-hybridized carbons (Fsp3) is 0.346. The Labute approximate surface area is 187 Å². The number of nitrogens with zero attached hydrogens (tertiary/aromatic N) is 3. The number of carbonyl (C=O) groups excluding carboxylic acids is 2. The standard InChI is InChI=1S/C26H27N3O3/c1-32-26(31)24-22(17-28-13-15-29(16-14-28)25(30)19-11-12-19)27-21-10-6-5-9-20(21)23(24)18-7-3-2-4-8-18/h2-10,19H,11-17H2,1H3.